The van der Waals surface area contributed by atoms with E-state index < -0.39 is 0 Å². The Kier molecular flexibility index (Phi) is 3.86. The molecule has 3 rings (SSSR count). The van der Waals surface area contributed by atoms with Crippen LogP contribution in [0.1, 0.15) is 4.79 Å². The number of nitrogens with zero attached hydrogens (tertiary/aromatic N) is 6. The van der Waals surface area contributed by atoms with E-state index in [9.17, 15) is 9.59 Å². The van der Waals surface area contributed by atoms with E-state index in [1.54, 1.807) is 32.3 Å². The van der Waals surface area contributed by atoms with Crippen molar-refractivity contribution in [2.45, 2.75) is 6.54 Å². The van der Waals surface area contributed by atoms with Gasteiger partial charge in [-0.15, -0.1) is 5.10 Å². The molecule has 10 nitrogen and oxygen atoms in total. The number of hydrogen-bond acceptors (Lipinski definition) is 6. The minimum absolute atomic E-state index is 0.0879. The summed E-state index contributed by atoms with van der Waals surface area (Å²) in [6.45, 7) is -0.0879. The summed E-state index contributed by atoms with van der Waals surface area (Å²) in [5.74, 6) is 0.0593. The van der Waals surface area contributed by atoms with Crippen molar-refractivity contribution in [2.24, 2.45) is 0 Å². The second-order valence-corrected chi connectivity index (χ2v) is 5.31. The summed E-state index contributed by atoms with van der Waals surface area (Å²) in [5.41, 5.74) is 7.10. The predicted molar refractivity (Wildman–Crippen MR) is 87.5 cm³/mol. The number of nitrogen functional groups attached to an aromatic ring is 1. The number of carbonyl (C=O) groups is 2. The number of aromatic nitrogens is 5. The fourth-order valence-electron chi connectivity index (χ4n) is 2.17. The quantitative estimate of drug-likeness (QED) is 0.727. The van der Waals surface area contributed by atoms with Gasteiger partial charge in [-0.25, -0.2) is 19.0 Å². The van der Waals surface area contributed by atoms with Gasteiger partial charge in [0.15, 0.2) is 5.82 Å². The molecule has 3 N–H and O–H groups in total. The summed E-state index contributed by atoms with van der Waals surface area (Å²) < 4.78 is 2.65. The lowest BCUT2D eigenvalue weighted by molar-refractivity contribution is 0.0893. The highest BCUT2D eigenvalue weighted by Crippen LogP contribution is 2.17. The van der Waals surface area contributed by atoms with Gasteiger partial charge in [-0.2, -0.15) is 0 Å². The average molecular weight is 328 g/mol. The topological polar surface area (TPSA) is 124 Å². The summed E-state index contributed by atoms with van der Waals surface area (Å²) >= 11 is 0. The van der Waals surface area contributed by atoms with Crippen LogP contribution in [0, 0.1) is 0 Å². The van der Waals surface area contributed by atoms with Crippen molar-refractivity contribution in [3.63, 3.8) is 0 Å². The molecule has 0 unspecified atom stereocenters. The number of para-hydroxylation sites is 2. The molecule has 1 aromatic carbocycles. The molecule has 0 aliphatic rings. The van der Waals surface area contributed by atoms with Gasteiger partial charge in [0, 0.05) is 14.1 Å². The van der Waals surface area contributed by atoms with Crippen LogP contribution < -0.4 is 11.1 Å². The zero-order chi connectivity index (χ0) is 17.3. The maximum absolute atomic E-state index is 12.5. The molecule has 2 heterocycles. The number of urea groups is 1. The Labute approximate surface area is 136 Å². The average Bonchev–Trinajstić information content (AvgIpc) is 3.09. The standard InChI is InChI=1S/C14H16N8O2/c1-20(2)14(24)17-11-7-21(19-18-11)8-12(23)22-10-6-4-3-5-9(10)16-13(22)15/h3-7H,8H2,1-2H3,(H2,15,16)(H,17,24). The third kappa shape index (κ3) is 2.89. The van der Waals surface area contributed by atoms with E-state index in [0.29, 0.717) is 11.0 Å². The molecule has 0 spiro atoms. The Balaban J connectivity index is 1.79. The molecule has 0 bridgehead atoms. The first-order valence-corrected chi connectivity index (χ1v) is 7.10. The molecule has 0 aliphatic carbocycles. The van der Waals surface area contributed by atoms with Gasteiger partial charge in [0.1, 0.15) is 6.54 Å². The molecule has 0 saturated heterocycles. The maximum Gasteiger partial charge on any atom is 0.322 e. The molecule has 0 radical (unpaired) electrons. The van der Waals surface area contributed by atoms with Gasteiger partial charge in [0.25, 0.3) is 5.91 Å². The van der Waals surface area contributed by atoms with E-state index in [4.69, 9.17) is 5.73 Å². The van der Waals surface area contributed by atoms with Gasteiger partial charge in [0.05, 0.1) is 17.2 Å². The molecule has 2 amide bonds. The van der Waals surface area contributed by atoms with Crippen LogP contribution in [-0.2, 0) is 6.54 Å². The Bertz CT molecular complexity index is 911. The number of fused-ring (bicyclic) bond motifs is 1. The Morgan fingerprint density at radius 1 is 1.29 bits per heavy atom. The molecule has 0 fully saturated rings. The van der Waals surface area contributed by atoms with Crippen LogP contribution in [0.4, 0.5) is 16.6 Å². The van der Waals surface area contributed by atoms with Crippen molar-refractivity contribution in [1.82, 2.24) is 29.4 Å². The highest BCUT2D eigenvalue weighted by molar-refractivity contribution is 5.93. The molecule has 0 atom stereocenters. The number of imidazole rings is 1. The van der Waals surface area contributed by atoms with Crippen molar-refractivity contribution in [3.05, 3.63) is 30.5 Å². The highest BCUT2D eigenvalue weighted by atomic mass is 16.2. The van der Waals surface area contributed by atoms with Crippen molar-refractivity contribution < 1.29 is 9.59 Å². The molecule has 2 aromatic heterocycles. The monoisotopic (exact) mass is 328 g/mol. The van der Waals surface area contributed by atoms with Crippen molar-refractivity contribution in [2.75, 3.05) is 25.1 Å². The second kappa shape index (κ2) is 5.99. The van der Waals surface area contributed by atoms with Crippen LogP contribution in [0.3, 0.4) is 0 Å². The molecule has 124 valence electrons. The Morgan fingerprint density at radius 2 is 2.04 bits per heavy atom. The van der Waals surface area contributed by atoms with Crippen LogP contribution >= 0.6 is 0 Å². The fourth-order valence-corrected chi connectivity index (χ4v) is 2.17. The van der Waals surface area contributed by atoms with Gasteiger partial charge in [-0.05, 0) is 12.1 Å². The fraction of sp³-hybridized carbons (Fsp3) is 0.214. The number of nitrogens with two attached hydrogens (primary N) is 1. The molecule has 0 aliphatic heterocycles. The molecule has 24 heavy (non-hydrogen) atoms. The van der Waals surface area contributed by atoms with Crippen molar-refractivity contribution >= 4 is 34.7 Å². The molecular weight excluding hydrogens is 312 g/mol. The number of rotatable bonds is 3. The van der Waals surface area contributed by atoms with Gasteiger partial charge < -0.3 is 10.6 Å². The minimum atomic E-state index is -0.335. The number of anilines is 2. The van der Waals surface area contributed by atoms with Gasteiger partial charge >= 0.3 is 6.03 Å². The number of hydrogen-bond donors (Lipinski definition) is 2. The van der Waals surface area contributed by atoms with E-state index in [1.807, 2.05) is 6.07 Å². The Hall–Kier alpha value is -3.43. The normalized spacial score (nSPS) is 10.8. The van der Waals surface area contributed by atoms with Crippen LogP contribution in [0.5, 0.6) is 0 Å². The van der Waals surface area contributed by atoms with Gasteiger partial charge in [-0.1, -0.05) is 17.3 Å². The first kappa shape index (κ1) is 15.5. The van der Waals surface area contributed by atoms with Crippen LogP contribution in [-0.4, -0.2) is 55.5 Å². The summed E-state index contributed by atoms with van der Waals surface area (Å²) in [6, 6.07) is 6.83. The molecule has 10 heteroatoms. The summed E-state index contributed by atoms with van der Waals surface area (Å²) in [4.78, 5) is 29.6. The number of benzene rings is 1. The zero-order valence-electron chi connectivity index (χ0n) is 13.2. The predicted octanol–water partition coefficient (Wildman–Crippen LogP) is 0.644. The van der Waals surface area contributed by atoms with E-state index >= 15 is 0 Å². The number of amides is 2. The summed E-state index contributed by atoms with van der Waals surface area (Å²) in [6.07, 6.45) is 1.47. The maximum atomic E-state index is 12.5. The SMILES string of the molecule is CN(C)C(=O)Nc1cn(CC(=O)n2c(N)nc3ccccc32)nn1. The zero-order valence-corrected chi connectivity index (χ0v) is 13.2. The van der Waals surface area contributed by atoms with E-state index in [2.05, 4.69) is 20.6 Å². The van der Waals surface area contributed by atoms with Gasteiger partial charge in [-0.3, -0.25) is 10.1 Å². The highest BCUT2D eigenvalue weighted by Gasteiger charge is 2.16. The molecular formula is C14H16N8O2. The first-order valence-electron chi connectivity index (χ1n) is 7.10. The van der Waals surface area contributed by atoms with Crippen molar-refractivity contribution in [1.29, 1.82) is 0 Å². The third-order valence-electron chi connectivity index (χ3n) is 3.31. The third-order valence-corrected chi connectivity index (χ3v) is 3.31. The summed E-state index contributed by atoms with van der Waals surface area (Å²) in [7, 11) is 3.21. The Morgan fingerprint density at radius 3 is 2.79 bits per heavy atom. The lowest BCUT2D eigenvalue weighted by Crippen LogP contribution is -2.27. The lowest BCUT2D eigenvalue weighted by Gasteiger charge is -2.09. The minimum Gasteiger partial charge on any atom is -0.369 e. The number of nitrogens with one attached hydrogen (secondary N) is 1. The van der Waals surface area contributed by atoms with E-state index in [-0.39, 0.29) is 30.2 Å². The number of carbonyl (C=O) groups excluding carboxylic acids is 2. The van der Waals surface area contributed by atoms with Crippen molar-refractivity contribution in [3.8, 4) is 0 Å². The second-order valence-electron chi connectivity index (χ2n) is 5.31. The lowest BCUT2D eigenvalue weighted by atomic mass is 10.3. The molecule has 3 aromatic rings. The van der Waals surface area contributed by atoms with Gasteiger partial charge in [0.2, 0.25) is 5.95 Å². The smallest absolute Gasteiger partial charge is 0.322 e. The summed E-state index contributed by atoms with van der Waals surface area (Å²) in [5, 5.41) is 10.2. The first-order chi connectivity index (χ1) is 11.5. The molecule has 0 saturated carbocycles. The van der Waals surface area contributed by atoms with Crippen LogP contribution in [0.25, 0.3) is 11.0 Å². The van der Waals surface area contributed by atoms with E-state index in [1.165, 1.54) is 20.3 Å². The largest absolute Gasteiger partial charge is 0.369 e. The van der Waals surface area contributed by atoms with E-state index in [0.717, 1.165) is 0 Å². The van der Waals surface area contributed by atoms with Crippen LogP contribution in [0.2, 0.25) is 0 Å². The van der Waals surface area contributed by atoms with Crippen LogP contribution in [0.15, 0.2) is 30.5 Å².